The van der Waals surface area contributed by atoms with Crippen LogP contribution in [0.15, 0.2) is 60.7 Å². The highest BCUT2D eigenvalue weighted by Gasteiger charge is 2.28. The van der Waals surface area contributed by atoms with Crippen LogP contribution in [0.1, 0.15) is 48.2 Å². The molecule has 0 spiro atoms. The quantitative estimate of drug-likeness (QED) is 0.264. The van der Waals surface area contributed by atoms with Crippen LogP contribution in [0.2, 0.25) is 0 Å². The van der Waals surface area contributed by atoms with E-state index in [0.717, 1.165) is 36.1 Å². The van der Waals surface area contributed by atoms with Crippen molar-refractivity contribution >= 4 is 5.97 Å². The van der Waals surface area contributed by atoms with Gasteiger partial charge in [0.2, 0.25) is 0 Å². The van der Waals surface area contributed by atoms with Crippen molar-refractivity contribution in [1.82, 2.24) is 0 Å². The lowest BCUT2D eigenvalue weighted by Gasteiger charge is -2.31. The second kappa shape index (κ2) is 8.37. The van der Waals surface area contributed by atoms with Gasteiger partial charge in [0.25, 0.3) is 0 Å². The summed E-state index contributed by atoms with van der Waals surface area (Å²) >= 11 is 0. The zero-order valence-electron chi connectivity index (χ0n) is 16.8. The van der Waals surface area contributed by atoms with Crippen molar-refractivity contribution in [2.24, 2.45) is 0 Å². The molecular weight excluding hydrogens is 384 g/mol. The second-order valence-electron chi connectivity index (χ2n) is 7.41. The summed E-state index contributed by atoms with van der Waals surface area (Å²) in [5.74, 6) is -2.17. The third kappa shape index (κ3) is 4.17. The maximum atomic E-state index is 12.3. The number of benzene rings is 3. The van der Waals surface area contributed by atoms with Gasteiger partial charge in [0.1, 0.15) is 11.5 Å². The molecule has 0 saturated carbocycles. The van der Waals surface area contributed by atoms with Crippen LogP contribution in [-0.4, -0.2) is 26.4 Å². The van der Waals surface area contributed by atoms with Crippen LogP contribution in [-0.2, 0) is 5.41 Å². The van der Waals surface area contributed by atoms with Gasteiger partial charge in [-0.05, 0) is 53.9 Å². The van der Waals surface area contributed by atoms with Gasteiger partial charge in [-0.1, -0.05) is 44.5 Å². The maximum absolute atomic E-state index is 12.3. The van der Waals surface area contributed by atoms with Crippen LogP contribution in [0.4, 0.5) is 0 Å². The molecule has 1 unspecified atom stereocenters. The molecular formula is C24H24O6. The number of hydrogen-bond donors (Lipinski definition) is 4. The summed E-state index contributed by atoms with van der Waals surface area (Å²) in [6.45, 7) is 4.24. The lowest BCUT2D eigenvalue weighted by atomic mass is 9.73. The Kier molecular flexibility index (Phi) is 5.87. The largest absolute Gasteiger partial charge is 0.508 e. The van der Waals surface area contributed by atoms with E-state index in [4.69, 9.17) is 4.74 Å². The fraction of sp³-hybridized carbons (Fsp3) is 0.208. The molecule has 3 aromatic rings. The van der Waals surface area contributed by atoms with Gasteiger partial charge in [-0.2, -0.15) is 0 Å². The van der Waals surface area contributed by atoms with Gasteiger partial charge in [-0.25, -0.2) is 4.79 Å². The third-order valence-electron chi connectivity index (χ3n) is 5.26. The van der Waals surface area contributed by atoms with Crippen molar-refractivity contribution in [1.29, 1.82) is 0 Å². The summed E-state index contributed by atoms with van der Waals surface area (Å²) in [5, 5.41) is 38.1. The van der Waals surface area contributed by atoms with Gasteiger partial charge in [0.15, 0.2) is 17.2 Å². The first-order valence-electron chi connectivity index (χ1n) is 9.61. The van der Waals surface area contributed by atoms with E-state index in [1.165, 1.54) is 0 Å². The van der Waals surface area contributed by atoms with Gasteiger partial charge in [-0.3, -0.25) is 0 Å². The van der Waals surface area contributed by atoms with E-state index in [0.29, 0.717) is 5.75 Å². The van der Waals surface area contributed by atoms with E-state index in [-0.39, 0.29) is 16.7 Å². The van der Waals surface area contributed by atoms with E-state index < -0.39 is 23.2 Å². The number of esters is 1. The zero-order chi connectivity index (χ0) is 21.9. The van der Waals surface area contributed by atoms with Gasteiger partial charge in [-0.15, -0.1) is 0 Å². The van der Waals surface area contributed by atoms with Crippen LogP contribution in [0.5, 0.6) is 28.7 Å². The Bertz CT molecular complexity index is 1020. The van der Waals surface area contributed by atoms with Crippen LogP contribution in [0.25, 0.3) is 0 Å². The Labute approximate surface area is 174 Å². The van der Waals surface area contributed by atoms with Gasteiger partial charge in [0.05, 0.1) is 5.56 Å². The fourth-order valence-electron chi connectivity index (χ4n) is 3.56. The summed E-state index contributed by atoms with van der Waals surface area (Å²) in [6, 6.07) is 16.3. The van der Waals surface area contributed by atoms with E-state index in [2.05, 4.69) is 13.8 Å². The highest BCUT2D eigenvalue weighted by molar-refractivity contribution is 5.92. The number of carbonyl (C=O) groups is 1. The van der Waals surface area contributed by atoms with E-state index in [1.807, 2.05) is 24.3 Å². The van der Waals surface area contributed by atoms with Crippen molar-refractivity contribution < 1.29 is 30.0 Å². The highest BCUT2D eigenvalue weighted by atomic mass is 16.5. The number of phenolic OH excluding ortho intramolecular Hbond substituents is 4. The number of carbonyl (C=O) groups excluding carboxylic acids is 1. The van der Waals surface area contributed by atoms with Gasteiger partial charge >= 0.3 is 5.97 Å². The second-order valence-corrected chi connectivity index (χ2v) is 7.41. The molecule has 0 amide bonds. The Morgan fingerprint density at radius 1 is 0.867 bits per heavy atom. The van der Waals surface area contributed by atoms with Crippen molar-refractivity contribution in [3.05, 3.63) is 77.4 Å². The molecule has 6 nitrogen and oxygen atoms in total. The molecule has 0 saturated heterocycles. The molecule has 0 aromatic heterocycles. The SMILES string of the molecule is CCCC(C)(c1ccc(O)cc1)c1ccc(OC(=O)c2cc(O)c(O)c(O)c2)cc1. The first-order chi connectivity index (χ1) is 14.2. The fourth-order valence-corrected chi connectivity index (χ4v) is 3.56. The molecule has 0 bridgehead atoms. The summed E-state index contributed by atoms with van der Waals surface area (Å²) in [7, 11) is 0. The lowest BCUT2D eigenvalue weighted by molar-refractivity contribution is 0.0733. The van der Waals surface area contributed by atoms with Crippen molar-refractivity contribution in [2.45, 2.75) is 32.1 Å². The molecule has 30 heavy (non-hydrogen) atoms. The molecule has 3 rings (SSSR count). The summed E-state index contributed by atoms with van der Waals surface area (Å²) < 4.78 is 5.32. The molecule has 3 aromatic carbocycles. The Hall–Kier alpha value is -3.67. The van der Waals surface area contributed by atoms with Crippen molar-refractivity contribution in [3.63, 3.8) is 0 Å². The Morgan fingerprint density at radius 2 is 1.37 bits per heavy atom. The summed E-state index contributed by atoms with van der Waals surface area (Å²) in [5.41, 5.74) is 1.74. The zero-order valence-corrected chi connectivity index (χ0v) is 16.8. The lowest BCUT2D eigenvalue weighted by Crippen LogP contribution is -2.23. The van der Waals surface area contributed by atoms with Gasteiger partial charge in [0, 0.05) is 5.41 Å². The molecule has 0 radical (unpaired) electrons. The predicted molar refractivity (Wildman–Crippen MR) is 112 cm³/mol. The first-order valence-corrected chi connectivity index (χ1v) is 9.61. The molecule has 6 heteroatoms. The monoisotopic (exact) mass is 408 g/mol. The summed E-state index contributed by atoms with van der Waals surface area (Å²) in [6.07, 6.45) is 1.85. The number of ether oxygens (including phenoxy) is 1. The molecule has 0 heterocycles. The normalized spacial score (nSPS) is 12.9. The molecule has 0 aliphatic heterocycles. The van der Waals surface area contributed by atoms with Crippen LogP contribution < -0.4 is 4.74 Å². The van der Waals surface area contributed by atoms with E-state index in [9.17, 15) is 25.2 Å². The summed E-state index contributed by atoms with van der Waals surface area (Å²) in [4.78, 5) is 12.3. The Morgan fingerprint density at radius 3 is 1.87 bits per heavy atom. The maximum Gasteiger partial charge on any atom is 0.343 e. The predicted octanol–water partition coefficient (Wildman–Crippen LogP) is 4.83. The molecule has 0 aliphatic carbocycles. The van der Waals surface area contributed by atoms with Crippen molar-refractivity contribution in [3.8, 4) is 28.7 Å². The molecule has 4 N–H and O–H groups in total. The van der Waals surface area contributed by atoms with E-state index in [1.54, 1.807) is 24.3 Å². The highest BCUT2D eigenvalue weighted by Crippen LogP contribution is 2.38. The molecule has 0 aliphatic rings. The number of hydrogen-bond acceptors (Lipinski definition) is 6. The number of rotatable bonds is 6. The van der Waals surface area contributed by atoms with Gasteiger partial charge < -0.3 is 25.2 Å². The Balaban J connectivity index is 1.84. The number of aromatic hydroxyl groups is 4. The average Bonchev–Trinajstić information content (AvgIpc) is 2.72. The molecule has 1 atom stereocenters. The third-order valence-corrected chi connectivity index (χ3v) is 5.26. The van der Waals surface area contributed by atoms with Crippen LogP contribution in [0.3, 0.4) is 0 Å². The number of phenols is 4. The first kappa shape index (κ1) is 21.0. The molecule has 0 fully saturated rings. The van der Waals surface area contributed by atoms with Crippen LogP contribution in [0, 0.1) is 0 Å². The van der Waals surface area contributed by atoms with Crippen molar-refractivity contribution in [2.75, 3.05) is 0 Å². The molecule has 156 valence electrons. The minimum Gasteiger partial charge on any atom is -0.508 e. The van der Waals surface area contributed by atoms with E-state index >= 15 is 0 Å². The minimum absolute atomic E-state index is 0.0909. The standard InChI is InChI=1S/C24H24O6/c1-3-12-24(2,16-4-8-18(25)9-5-16)17-6-10-19(11-7-17)30-23(29)15-13-20(26)22(28)21(27)14-15/h4-11,13-14,25-28H,3,12H2,1-2H3. The average molecular weight is 408 g/mol. The van der Waals surface area contributed by atoms with Crippen LogP contribution >= 0.6 is 0 Å². The topological polar surface area (TPSA) is 107 Å². The minimum atomic E-state index is -0.775. The smallest absolute Gasteiger partial charge is 0.343 e.